The predicted octanol–water partition coefficient (Wildman–Crippen LogP) is 3.81. The third-order valence-corrected chi connectivity index (χ3v) is 5.71. The third kappa shape index (κ3) is 5.91. The highest BCUT2D eigenvalue weighted by Crippen LogP contribution is 2.17. The molecule has 0 aliphatic heterocycles. The molecule has 0 saturated carbocycles. The number of nitrogens with zero attached hydrogens (tertiary/aromatic N) is 1. The zero-order valence-corrected chi connectivity index (χ0v) is 17.4. The molecule has 0 aliphatic carbocycles. The van der Waals surface area contributed by atoms with Gasteiger partial charge in [0.05, 0.1) is 4.90 Å². The fraction of sp³-hybridized carbons (Fsp3) is 0.381. The molecule has 1 amide bonds. The summed E-state index contributed by atoms with van der Waals surface area (Å²) >= 11 is 0. The summed E-state index contributed by atoms with van der Waals surface area (Å²) in [6.07, 6.45) is 0. The molecule has 2 aromatic carbocycles. The number of carbonyl (C=O) groups is 1. The maximum absolute atomic E-state index is 12.9. The Balaban J connectivity index is 2.22. The average Bonchev–Trinajstić information content (AvgIpc) is 2.58. The molecule has 5 nitrogen and oxygen atoms in total. The van der Waals surface area contributed by atoms with Crippen molar-refractivity contribution >= 4 is 15.9 Å². The van der Waals surface area contributed by atoms with Crippen LogP contribution in [0.5, 0.6) is 0 Å². The average molecular weight is 389 g/mol. The molecule has 0 heterocycles. The van der Waals surface area contributed by atoms with Crippen molar-refractivity contribution in [2.75, 3.05) is 0 Å². The number of hydrogen-bond donors (Lipinski definition) is 1. The van der Waals surface area contributed by atoms with Crippen molar-refractivity contribution in [1.82, 2.24) is 9.62 Å². The van der Waals surface area contributed by atoms with Crippen molar-refractivity contribution in [3.63, 3.8) is 0 Å². The molecule has 27 heavy (non-hydrogen) atoms. The Hall–Kier alpha value is -2.18. The zero-order valence-electron chi connectivity index (χ0n) is 16.6. The molecular formula is C21H28N2O3S. The lowest BCUT2D eigenvalue weighted by atomic mass is 10.1. The van der Waals surface area contributed by atoms with Crippen molar-refractivity contribution in [3.8, 4) is 0 Å². The smallest absolute Gasteiger partial charge is 0.254 e. The van der Waals surface area contributed by atoms with Crippen LogP contribution in [0.2, 0.25) is 0 Å². The minimum absolute atomic E-state index is 0.0173. The van der Waals surface area contributed by atoms with E-state index in [9.17, 15) is 13.2 Å². The van der Waals surface area contributed by atoms with Crippen LogP contribution in [-0.4, -0.2) is 30.8 Å². The molecule has 1 N–H and O–H groups in total. The summed E-state index contributed by atoms with van der Waals surface area (Å²) in [5.41, 5.74) is 0.944. The number of benzene rings is 2. The first kappa shape index (κ1) is 21.1. The number of amides is 1. The first-order chi connectivity index (χ1) is 12.5. The molecule has 2 aromatic rings. The summed E-state index contributed by atoms with van der Waals surface area (Å²) in [6.45, 7) is 9.79. The number of nitrogens with one attached hydrogen (secondary N) is 1. The minimum Gasteiger partial charge on any atom is -0.332 e. The summed E-state index contributed by atoms with van der Waals surface area (Å²) in [5, 5.41) is 0. The Morgan fingerprint density at radius 3 is 2.04 bits per heavy atom. The molecule has 6 heteroatoms. The Morgan fingerprint density at radius 2 is 1.56 bits per heavy atom. The maximum atomic E-state index is 12.9. The van der Waals surface area contributed by atoms with Crippen LogP contribution in [0.25, 0.3) is 0 Å². The molecule has 0 spiro atoms. The monoisotopic (exact) mass is 388 g/mol. The van der Waals surface area contributed by atoms with E-state index < -0.39 is 15.6 Å². The van der Waals surface area contributed by atoms with E-state index >= 15 is 0 Å². The lowest BCUT2D eigenvalue weighted by Crippen LogP contribution is -2.40. The second-order valence-corrected chi connectivity index (χ2v) is 9.57. The normalized spacial score (nSPS) is 12.2. The van der Waals surface area contributed by atoms with Crippen LogP contribution in [0.4, 0.5) is 0 Å². The maximum Gasteiger partial charge on any atom is 0.254 e. The predicted molar refractivity (Wildman–Crippen MR) is 108 cm³/mol. The fourth-order valence-electron chi connectivity index (χ4n) is 2.67. The van der Waals surface area contributed by atoms with Gasteiger partial charge in [-0.3, -0.25) is 4.79 Å². The van der Waals surface area contributed by atoms with Crippen LogP contribution in [0, 0.1) is 0 Å². The highest BCUT2D eigenvalue weighted by atomic mass is 32.2. The molecular weight excluding hydrogens is 360 g/mol. The van der Waals surface area contributed by atoms with E-state index in [4.69, 9.17) is 0 Å². The Bertz CT molecular complexity index is 868. The Morgan fingerprint density at radius 1 is 1.00 bits per heavy atom. The highest BCUT2D eigenvalue weighted by Gasteiger charge is 2.23. The zero-order chi connectivity index (χ0) is 20.2. The molecule has 0 unspecified atom stereocenters. The van der Waals surface area contributed by atoms with Crippen molar-refractivity contribution in [2.24, 2.45) is 0 Å². The van der Waals surface area contributed by atoms with Crippen LogP contribution in [0.1, 0.15) is 50.5 Å². The van der Waals surface area contributed by atoms with E-state index in [1.165, 1.54) is 12.1 Å². The number of carbonyl (C=O) groups excluding carboxylic acids is 1. The van der Waals surface area contributed by atoms with Gasteiger partial charge in [0, 0.05) is 23.7 Å². The highest BCUT2D eigenvalue weighted by molar-refractivity contribution is 7.89. The van der Waals surface area contributed by atoms with Gasteiger partial charge in [0.2, 0.25) is 10.0 Å². The van der Waals surface area contributed by atoms with Gasteiger partial charge in [-0.25, -0.2) is 13.1 Å². The molecule has 0 fully saturated rings. The molecule has 0 bridgehead atoms. The van der Waals surface area contributed by atoms with E-state index in [-0.39, 0.29) is 16.8 Å². The summed E-state index contributed by atoms with van der Waals surface area (Å²) in [4.78, 5) is 14.9. The Labute approximate surface area is 162 Å². The Kier molecular flexibility index (Phi) is 6.44. The van der Waals surface area contributed by atoms with Crippen molar-refractivity contribution < 1.29 is 13.2 Å². The van der Waals surface area contributed by atoms with Gasteiger partial charge in [-0.2, -0.15) is 0 Å². The lowest BCUT2D eigenvalue weighted by Gasteiger charge is -2.27. The first-order valence-electron chi connectivity index (χ1n) is 8.98. The topological polar surface area (TPSA) is 66.5 Å². The molecule has 0 radical (unpaired) electrons. The van der Waals surface area contributed by atoms with Crippen LogP contribution in [0.15, 0.2) is 59.5 Å². The fourth-order valence-corrected chi connectivity index (χ4v) is 4.09. The molecule has 0 saturated heterocycles. The third-order valence-electron chi connectivity index (χ3n) is 3.93. The van der Waals surface area contributed by atoms with E-state index in [2.05, 4.69) is 4.72 Å². The summed E-state index contributed by atoms with van der Waals surface area (Å²) in [7, 11) is -3.62. The van der Waals surface area contributed by atoms with Crippen LogP contribution >= 0.6 is 0 Å². The quantitative estimate of drug-likeness (QED) is 0.818. The molecule has 0 atom stereocenters. The van der Waals surface area contributed by atoms with Gasteiger partial charge >= 0.3 is 0 Å². The standard InChI is InChI=1S/C21H28N2O3S/c1-16(2)23(15-17-9-7-6-8-10-17)20(24)18-11-13-19(14-12-18)27(25,26)22-21(3,4)5/h6-14,16,22H,15H2,1-5H3. The summed E-state index contributed by atoms with van der Waals surface area (Å²) < 4.78 is 27.4. The van der Waals surface area contributed by atoms with Crippen LogP contribution in [-0.2, 0) is 16.6 Å². The van der Waals surface area contributed by atoms with Crippen molar-refractivity contribution in [1.29, 1.82) is 0 Å². The molecule has 146 valence electrons. The van der Waals surface area contributed by atoms with Gasteiger partial charge in [0.1, 0.15) is 0 Å². The summed E-state index contributed by atoms with van der Waals surface area (Å²) in [6, 6.07) is 15.9. The number of hydrogen-bond acceptors (Lipinski definition) is 3. The van der Waals surface area contributed by atoms with Crippen molar-refractivity contribution in [2.45, 2.75) is 57.6 Å². The number of sulfonamides is 1. The molecule has 2 rings (SSSR count). The van der Waals surface area contributed by atoms with E-state index in [0.29, 0.717) is 12.1 Å². The SMILES string of the molecule is CC(C)N(Cc1ccccc1)C(=O)c1ccc(S(=O)(=O)NC(C)(C)C)cc1. The minimum atomic E-state index is -3.62. The molecule has 0 aliphatic rings. The largest absolute Gasteiger partial charge is 0.332 e. The van der Waals surface area contributed by atoms with E-state index in [0.717, 1.165) is 5.56 Å². The van der Waals surface area contributed by atoms with Gasteiger partial charge in [0.15, 0.2) is 0 Å². The van der Waals surface area contributed by atoms with Crippen molar-refractivity contribution in [3.05, 3.63) is 65.7 Å². The van der Waals surface area contributed by atoms with Gasteiger partial charge in [-0.15, -0.1) is 0 Å². The van der Waals surface area contributed by atoms with Gasteiger partial charge < -0.3 is 4.90 Å². The van der Waals surface area contributed by atoms with E-state index in [1.54, 1.807) is 37.8 Å². The van der Waals surface area contributed by atoms with Crippen LogP contribution in [0.3, 0.4) is 0 Å². The first-order valence-corrected chi connectivity index (χ1v) is 10.5. The van der Waals surface area contributed by atoms with Gasteiger partial charge in [-0.05, 0) is 64.4 Å². The second-order valence-electron chi connectivity index (χ2n) is 7.89. The van der Waals surface area contributed by atoms with Crippen LogP contribution < -0.4 is 4.72 Å². The summed E-state index contributed by atoms with van der Waals surface area (Å²) in [5.74, 6) is -0.124. The molecule has 0 aromatic heterocycles. The number of rotatable bonds is 6. The van der Waals surface area contributed by atoms with Gasteiger partial charge in [-0.1, -0.05) is 30.3 Å². The van der Waals surface area contributed by atoms with E-state index in [1.807, 2.05) is 44.2 Å². The second kappa shape index (κ2) is 8.23. The van der Waals surface area contributed by atoms with Gasteiger partial charge in [0.25, 0.3) is 5.91 Å². The lowest BCUT2D eigenvalue weighted by molar-refractivity contribution is 0.0690.